The number of nitrogens with one attached hydrogen (secondary N) is 1. The van der Waals surface area contributed by atoms with Crippen LogP contribution < -0.4 is 11.1 Å². The minimum Gasteiger partial charge on any atom is -0.355 e. The summed E-state index contributed by atoms with van der Waals surface area (Å²) in [6.07, 6.45) is 4.68. The summed E-state index contributed by atoms with van der Waals surface area (Å²) in [4.78, 5) is 12.3. The highest BCUT2D eigenvalue weighted by Crippen LogP contribution is 2.37. The van der Waals surface area contributed by atoms with Gasteiger partial charge in [0.15, 0.2) is 0 Å². The molecule has 5 heteroatoms. The van der Waals surface area contributed by atoms with Crippen LogP contribution in [0.2, 0.25) is 10.0 Å². The van der Waals surface area contributed by atoms with Crippen LogP contribution in [-0.2, 0) is 11.2 Å². The summed E-state index contributed by atoms with van der Waals surface area (Å²) in [5, 5.41) is 4.26. The maximum atomic E-state index is 12.3. The number of hydrogen-bond donors (Lipinski definition) is 2. The molecule has 0 bridgehead atoms. The Morgan fingerprint density at radius 2 is 2.00 bits per heavy atom. The molecule has 0 radical (unpaired) electrons. The molecule has 0 aliphatic heterocycles. The number of rotatable bonds is 5. The van der Waals surface area contributed by atoms with Gasteiger partial charge >= 0.3 is 0 Å². The van der Waals surface area contributed by atoms with E-state index in [0.29, 0.717) is 29.6 Å². The number of benzene rings is 1. The van der Waals surface area contributed by atoms with Crippen molar-refractivity contribution in [3.63, 3.8) is 0 Å². The molecule has 0 heterocycles. The zero-order chi connectivity index (χ0) is 14.6. The standard InChI is InChI=1S/C15H20Cl2N2O/c16-12-4-3-11(13(17)9-12)5-8-19-14(20)15(10-18)6-1-2-7-15/h3-4,9H,1-2,5-8,10,18H2,(H,19,20). The Hall–Kier alpha value is -0.770. The number of amides is 1. The quantitative estimate of drug-likeness (QED) is 0.877. The van der Waals surface area contributed by atoms with Crippen LogP contribution in [-0.4, -0.2) is 19.0 Å². The molecule has 3 N–H and O–H groups in total. The Kier molecular flexibility index (Phi) is 5.30. The van der Waals surface area contributed by atoms with Crippen molar-refractivity contribution in [1.82, 2.24) is 5.32 Å². The van der Waals surface area contributed by atoms with E-state index >= 15 is 0 Å². The fourth-order valence-corrected chi connectivity index (χ4v) is 3.30. The molecule has 1 amide bonds. The molecule has 0 atom stereocenters. The summed E-state index contributed by atoms with van der Waals surface area (Å²) in [5.41, 5.74) is 6.44. The Labute approximate surface area is 129 Å². The van der Waals surface area contributed by atoms with E-state index < -0.39 is 0 Å². The Bertz CT molecular complexity index is 485. The topological polar surface area (TPSA) is 55.1 Å². The Balaban J connectivity index is 1.87. The number of nitrogens with two attached hydrogens (primary N) is 1. The van der Waals surface area contributed by atoms with E-state index in [4.69, 9.17) is 28.9 Å². The smallest absolute Gasteiger partial charge is 0.227 e. The minimum absolute atomic E-state index is 0.0857. The summed E-state index contributed by atoms with van der Waals surface area (Å²) < 4.78 is 0. The van der Waals surface area contributed by atoms with Crippen LogP contribution in [0, 0.1) is 5.41 Å². The Morgan fingerprint density at radius 1 is 1.30 bits per heavy atom. The zero-order valence-corrected chi connectivity index (χ0v) is 12.9. The van der Waals surface area contributed by atoms with E-state index in [9.17, 15) is 4.79 Å². The van der Waals surface area contributed by atoms with Crippen LogP contribution in [0.4, 0.5) is 0 Å². The van der Waals surface area contributed by atoms with E-state index in [2.05, 4.69) is 5.32 Å². The summed E-state index contributed by atoms with van der Waals surface area (Å²) in [7, 11) is 0. The van der Waals surface area contributed by atoms with E-state index in [1.807, 2.05) is 12.1 Å². The first-order valence-corrected chi connectivity index (χ1v) is 7.75. The van der Waals surface area contributed by atoms with Crippen molar-refractivity contribution in [3.8, 4) is 0 Å². The van der Waals surface area contributed by atoms with Crippen molar-refractivity contribution < 1.29 is 4.79 Å². The van der Waals surface area contributed by atoms with Crippen molar-refractivity contribution in [2.75, 3.05) is 13.1 Å². The van der Waals surface area contributed by atoms with Gasteiger partial charge in [0.2, 0.25) is 5.91 Å². The first kappa shape index (κ1) is 15.6. The van der Waals surface area contributed by atoms with E-state index in [0.717, 1.165) is 31.2 Å². The lowest BCUT2D eigenvalue weighted by atomic mass is 9.85. The average molecular weight is 315 g/mol. The first-order valence-electron chi connectivity index (χ1n) is 7.00. The molecule has 0 unspecified atom stereocenters. The third-order valence-corrected chi connectivity index (χ3v) is 4.72. The third-order valence-electron chi connectivity index (χ3n) is 4.13. The van der Waals surface area contributed by atoms with Crippen LogP contribution in [0.3, 0.4) is 0 Å². The molecule has 20 heavy (non-hydrogen) atoms. The van der Waals surface area contributed by atoms with Gasteiger partial charge in [-0.25, -0.2) is 0 Å². The molecule has 0 saturated heterocycles. The predicted molar refractivity (Wildman–Crippen MR) is 83.1 cm³/mol. The fourth-order valence-electron chi connectivity index (χ4n) is 2.80. The average Bonchev–Trinajstić information content (AvgIpc) is 2.91. The predicted octanol–water partition coefficient (Wildman–Crippen LogP) is 3.17. The lowest BCUT2D eigenvalue weighted by Gasteiger charge is -2.25. The number of hydrogen-bond acceptors (Lipinski definition) is 2. The molecule has 1 aromatic carbocycles. The Morgan fingerprint density at radius 3 is 2.60 bits per heavy atom. The van der Waals surface area contributed by atoms with Crippen LogP contribution >= 0.6 is 23.2 Å². The highest BCUT2D eigenvalue weighted by molar-refractivity contribution is 6.35. The highest BCUT2D eigenvalue weighted by Gasteiger charge is 2.39. The second kappa shape index (κ2) is 6.79. The van der Waals surface area contributed by atoms with Crippen molar-refractivity contribution >= 4 is 29.1 Å². The molecular weight excluding hydrogens is 295 g/mol. The van der Waals surface area contributed by atoms with Gasteiger partial charge in [-0.2, -0.15) is 0 Å². The van der Waals surface area contributed by atoms with Gasteiger partial charge in [0.25, 0.3) is 0 Å². The van der Waals surface area contributed by atoms with Gasteiger partial charge in [0.1, 0.15) is 0 Å². The molecule has 1 aliphatic rings. The normalized spacial score (nSPS) is 17.1. The van der Waals surface area contributed by atoms with E-state index in [-0.39, 0.29) is 11.3 Å². The van der Waals surface area contributed by atoms with Crippen LogP contribution in [0.5, 0.6) is 0 Å². The largest absolute Gasteiger partial charge is 0.355 e. The lowest BCUT2D eigenvalue weighted by Crippen LogP contribution is -2.44. The monoisotopic (exact) mass is 314 g/mol. The van der Waals surface area contributed by atoms with Crippen LogP contribution in [0.1, 0.15) is 31.2 Å². The summed E-state index contributed by atoms with van der Waals surface area (Å²) in [5.74, 6) is 0.0857. The van der Waals surface area contributed by atoms with Crippen molar-refractivity contribution in [2.45, 2.75) is 32.1 Å². The van der Waals surface area contributed by atoms with Crippen molar-refractivity contribution in [1.29, 1.82) is 0 Å². The minimum atomic E-state index is -0.343. The maximum absolute atomic E-state index is 12.3. The second-order valence-corrected chi connectivity index (χ2v) is 6.28. The van der Waals surface area contributed by atoms with Gasteiger partial charge in [0, 0.05) is 23.1 Å². The van der Waals surface area contributed by atoms with Gasteiger partial charge in [0.05, 0.1) is 5.41 Å². The van der Waals surface area contributed by atoms with E-state index in [1.165, 1.54) is 0 Å². The molecule has 1 aromatic rings. The molecule has 3 nitrogen and oxygen atoms in total. The van der Waals surface area contributed by atoms with Crippen molar-refractivity contribution in [2.24, 2.45) is 11.1 Å². The molecule has 1 aliphatic carbocycles. The highest BCUT2D eigenvalue weighted by atomic mass is 35.5. The SMILES string of the molecule is NCC1(C(=O)NCCc2ccc(Cl)cc2Cl)CCCC1. The molecule has 110 valence electrons. The molecule has 1 fully saturated rings. The molecule has 0 spiro atoms. The molecular formula is C15H20Cl2N2O. The maximum Gasteiger partial charge on any atom is 0.227 e. The van der Waals surface area contributed by atoms with Gasteiger partial charge in [-0.15, -0.1) is 0 Å². The van der Waals surface area contributed by atoms with Crippen molar-refractivity contribution in [3.05, 3.63) is 33.8 Å². The van der Waals surface area contributed by atoms with Gasteiger partial charge in [-0.3, -0.25) is 4.79 Å². The van der Waals surface area contributed by atoms with E-state index in [1.54, 1.807) is 6.07 Å². The number of halogens is 2. The molecule has 1 saturated carbocycles. The van der Waals surface area contributed by atoms with Crippen LogP contribution in [0.15, 0.2) is 18.2 Å². The fraction of sp³-hybridized carbons (Fsp3) is 0.533. The summed E-state index contributed by atoms with van der Waals surface area (Å²) in [6.45, 7) is 1.00. The number of carbonyl (C=O) groups is 1. The lowest BCUT2D eigenvalue weighted by molar-refractivity contribution is -0.130. The zero-order valence-electron chi connectivity index (χ0n) is 11.4. The van der Waals surface area contributed by atoms with Gasteiger partial charge in [-0.05, 0) is 37.0 Å². The summed E-state index contributed by atoms with van der Waals surface area (Å²) in [6, 6.07) is 5.42. The van der Waals surface area contributed by atoms with Crippen LogP contribution in [0.25, 0.3) is 0 Å². The third kappa shape index (κ3) is 3.46. The molecule has 0 aromatic heterocycles. The molecule has 2 rings (SSSR count). The first-order chi connectivity index (χ1) is 9.57. The van der Waals surface area contributed by atoms with Gasteiger partial charge < -0.3 is 11.1 Å². The number of carbonyl (C=O) groups excluding carboxylic acids is 1. The summed E-state index contributed by atoms with van der Waals surface area (Å²) >= 11 is 12.0. The van der Waals surface area contributed by atoms with Gasteiger partial charge in [-0.1, -0.05) is 42.1 Å². The second-order valence-electron chi connectivity index (χ2n) is 5.43.